The molecule has 0 aliphatic carbocycles. The van der Waals surface area contributed by atoms with Gasteiger partial charge in [0.25, 0.3) is 0 Å². The number of methoxy groups -OCH3 is 1. The van der Waals surface area contributed by atoms with Crippen molar-refractivity contribution >= 4 is 29.9 Å². The quantitative estimate of drug-likeness (QED) is 0.363. The molecule has 0 spiro atoms. The van der Waals surface area contributed by atoms with Gasteiger partial charge in [0.05, 0.1) is 32.5 Å². The minimum Gasteiger partial charge on any atom is -0.380 e. The fraction of sp³-hybridized carbons (Fsp3) is 0.500. The van der Waals surface area contributed by atoms with Crippen LogP contribution in [-0.2, 0) is 29.7 Å². The van der Waals surface area contributed by atoms with Gasteiger partial charge in [-0.05, 0) is 24.6 Å². The number of aliphatic imine (C=N–C) groups is 1. The van der Waals surface area contributed by atoms with Crippen LogP contribution >= 0.6 is 24.0 Å². The number of morpholine rings is 1. The van der Waals surface area contributed by atoms with Gasteiger partial charge in [-0.3, -0.25) is 4.68 Å². The fourth-order valence-corrected chi connectivity index (χ4v) is 3.23. The monoisotopic (exact) mass is 517 g/mol. The molecule has 29 heavy (non-hydrogen) atoms. The van der Waals surface area contributed by atoms with Gasteiger partial charge in [0.15, 0.2) is 5.96 Å². The van der Waals surface area contributed by atoms with E-state index in [0.717, 1.165) is 30.2 Å². The third kappa shape index (κ3) is 6.38. The summed E-state index contributed by atoms with van der Waals surface area (Å²) in [6, 6.07) is 5.04. The molecule has 0 radical (unpaired) electrons. The van der Waals surface area contributed by atoms with E-state index in [-0.39, 0.29) is 42.5 Å². The maximum atomic E-state index is 13.8. The Bertz CT molecular complexity index is 814. The highest BCUT2D eigenvalue weighted by Gasteiger charge is 2.25. The molecule has 2 aromatic rings. The smallest absolute Gasteiger partial charge is 0.194 e. The molecule has 1 fully saturated rings. The summed E-state index contributed by atoms with van der Waals surface area (Å²) in [6.07, 6.45) is 3.78. The van der Waals surface area contributed by atoms with Crippen LogP contribution in [-0.4, -0.2) is 54.0 Å². The molecule has 0 bridgehead atoms. The van der Waals surface area contributed by atoms with Crippen LogP contribution in [0.3, 0.4) is 0 Å². The number of ether oxygens (including phenoxy) is 2. The number of nitrogens with one attached hydrogen (secondary N) is 1. The molecule has 9 heteroatoms. The SMILES string of the molecule is CCNC(=NCc1ccc(F)c(COC)c1)N1CCOC(c2cnn(C)c2)C1.I. The first kappa shape index (κ1) is 23.6. The van der Waals surface area contributed by atoms with Gasteiger partial charge in [0.1, 0.15) is 11.9 Å². The van der Waals surface area contributed by atoms with Crippen LogP contribution in [0.15, 0.2) is 35.6 Å². The van der Waals surface area contributed by atoms with Crippen LogP contribution in [0.25, 0.3) is 0 Å². The molecule has 1 aromatic heterocycles. The number of guanidine groups is 1. The minimum atomic E-state index is -0.256. The number of halogens is 2. The first-order chi connectivity index (χ1) is 13.6. The standard InChI is InChI=1S/C20H28FN5O2.HI/c1-4-22-20(23-10-15-5-6-18(21)16(9-15)14-27-3)26-7-8-28-19(13-26)17-11-24-25(2)12-17;/h5-6,9,11-12,19H,4,7-8,10,13-14H2,1-3H3,(H,22,23);1H. The van der Waals surface area contributed by atoms with Gasteiger partial charge in [0, 0.05) is 44.6 Å². The Morgan fingerprint density at radius 3 is 2.97 bits per heavy atom. The predicted molar refractivity (Wildman–Crippen MR) is 121 cm³/mol. The minimum absolute atomic E-state index is 0. The highest BCUT2D eigenvalue weighted by atomic mass is 127. The van der Waals surface area contributed by atoms with E-state index >= 15 is 0 Å². The van der Waals surface area contributed by atoms with Crippen LogP contribution in [0.1, 0.15) is 29.7 Å². The third-order valence-electron chi connectivity index (χ3n) is 4.62. The fourth-order valence-electron chi connectivity index (χ4n) is 3.23. The van der Waals surface area contributed by atoms with E-state index in [0.29, 0.717) is 25.3 Å². The maximum Gasteiger partial charge on any atom is 0.194 e. The number of hydrogen-bond acceptors (Lipinski definition) is 4. The second-order valence-electron chi connectivity index (χ2n) is 6.78. The third-order valence-corrected chi connectivity index (χ3v) is 4.62. The van der Waals surface area contributed by atoms with Crippen molar-refractivity contribution in [2.75, 3.05) is 33.4 Å². The second kappa shape index (κ2) is 11.5. The molecule has 1 aliphatic rings. The summed E-state index contributed by atoms with van der Waals surface area (Å²) in [7, 11) is 3.46. The molecule has 0 amide bonds. The van der Waals surface area contributed by atoms with E-state index in [2.05, 4.69) is 15.3 Å². The topological polar surface area (TPSA) is 63.9 Å². The Hall–Kier alpha value is -1.72. The van der Waals surface area contributed by atoms with Gasteiger partial charge in [-0.25, -0.2) is 9.38 Å². The van der Waals surface area contributed by atoms with Crippen molar-refractivity contribution in [1.29, 1.82) is 0 Å². The van der Waals surface area contributed by atoms with Crippen molar-refractivity contribution in [3.63, 3.8) is 0 Å². The molecule has 0 saturated carbocycles. The molecule has 1 atom stereocenters. The van der Waals surface area contributed by atoms with Gasteiger partial charge in [0.2, 0.25) is 0 Å². The van der Waals surface area contributed by atoms with Gasteiger partial charge in [-0.1, -0.05) is 6.07 Å². The molecule has 2 heterocycles. The molecule has 1 N–H and O–H groups in total. The molecule has 160 valence electrons. The average molecular weight is 517 g/mol. The van der Waals surface area contributed by atoms with E-state index in [1.807, 2.05) is 32.4 Å². The first-order valence-corrected chi connectivity index (χ1v) is 9.50. The summed E-state index contributed by atoms with van der Waals surface area (Å²) in [4.78, 5) is 6.96. The normalized spacial score (nSPS) is 17.2. The highest BCUT2D eigenvalue weighted by Crippen LogP contribution is 2.22. The zero-order valence-corrected chi connectivity index (χ0v) is 19.4. The van der Waals surface area contributed by atoms with Gasteiger partial charge >= 0.3 is 0 Å². The molecular weight excluding hydrogens is 488 g/mol. The zero-order valence-electron chi connectivity index (χ0n) is 17.1. The molecule has 7 nitrogen and oxygen atoms in total. The lowest BCUT2D eigenvalue weighted by Gasteiger charge is -2.34. The van der Waals surface area contributed by atoms with Crippen LogP contribution in [0.5, 0.6) is 0 Å². The van der Waals surface area contributed by atoms with Gasteiger partial charge in [-0.15, -0.1) is 24.0 Å². The number of rotatable bonds is 6. The molecular formula is C20H29FIN5O2. The Labute approximate surface area is 188 Å². The number of nitrogens with zero attached hydrogens (tertiary/aromatic N) is 4. The molecule has 3 rings (SSSR count). The zero-order chi connectivity index (χ0) is 19.9. The number of aromatic nitrogens is 2. The average Bonchev–Trinajstić information content (AvgIpc) is 3.14. The largest absolute Gasteiger partial charge is 0.380 e. The summed E-state index contributed by atoms with van der Waals surface area (Å²) in [5.74, 6) is 0.575. The van der Waals surface area contributed by atoms with Gasteiger partial charge in [-0.2, -0.15) is 5.10 Å². The summed E-state index contributed by atoms with van der Waals surface area (Å²) in [5, 5.41) is 7.59. The Morgan fingerprint density at radius 1 is 1.45 bits per heavy atom. The molecule has 1 aliphatic heterocycles. The lowest BCUT2D eigenvalue weighted by Crippen LogP contribution is -2.48. The molecule has 1 aromatic carbocycles. The number of hydrogen-bond donors (Lipinski definition) is 1. The van der Waals surface area contributed by atoms with Gasteiger partial charge < -0.3 is 19.7 Å². The van der Waals surface area contributed by atoms with E-state index in [1.165, 1.54) is 6.07 Å². The van der Waals surface area contributed by atoms with E-state index in [4.69, 9.17) is 14.5 Å². The molecule has 1 unspecified atom stereocenters. The highest BCUT2D eigenvalue weighted by molar-refractivity contribution is 14.0. The summed E-state index contributed by atoms with van der Waals surface area (Å²) >= 11 is 0. The number of aryl methyl sites for hydroxylation is 1. The summed E-state index contributed by atoms with van der Waals surface area (Å²) in [6.45, 7) is 5.62. The van der Waals surface area contributed by atoms with Crippen LogP contribution < -0.4 is 5.32 Å². The number of benzene rings is 1. The predicted octanol–water partition coefficient (Wildman–Crippen LogP) is 2.86. The van der Waals surface area contributed by atoms with Crippen molar-refractivity contribution in [3.8, 4) is 0 Å². The van der Waals surface area contributed by atoms with E-state index in [9.17, 15) is 4.39 Å². The van der Waals surface area contributed by atoms with Crippen LogP contribution in [0, 0.1) is 5.82 Å². The Morgan fingerprint density at radius 2 is 2.28 bits per heavy atom. The molecule has 1 saturated heterocycles. The second-order valence-corrected chi connectivity index (χ2v) is 6.78. The summed E-state index contributed by atoms with van der Waals surface area (Å²) < 4.78 is 26.6. The van der Waals surface area contributed by atoms with Crippen LogP contribution in [0.4, 0.5) is 4.39 Å². The van der Waals surface area contributed by atoms with Crippen molar-refractivity contribution in [2.45, 2.75) is 26.2 Å². The van der Waals surface area contributed by atoms with Crippen molar-refractivity contribution in [1.82, 2.24) is 20.0 Å². The van der Waals surface area contributed by atoms with Crippen molar-refractivity contribution in [2.24, 2.45) is 12.0 Å². The van der Waals surface area contributed by atoms with Crippen LogP contribution in [0.2, 0.25) is 0 Å². The Balaban J connectivity index is 0.00000300. The lowest BCUT2D eigenvalue weighted by molar-refractivity contribution is -0.00805. The van der Waals surface area contributed by atoms with E-state index in [1.54, 1.807) is 17.9 Å². The first-order valence-electron chi connectivity index (χ1n) is 9.50. The lowest BCUT2D eigenvalue weighted by atomic mass is 10.1. The Kier molecular flexibility index (Phi) is 9.31. The summed E-state index contributed by atoms with van der Waals surface area (Å²) in [5.41, 5.74) is 2.55. The van der Waals surface area contributed by atoms with E-state index < -0.39 is 0 Å². The van der Waals surface area contributed by atoms with Crippen molar-refractivity contribution < 1.29 is 13.9 Å². The van der Waals surface area contributed by atoms with Crippen molar-refractivity contribution in [3.05, 3.63) is 53.1 Å². The maximum absolute atomic E-state index is 13.8.